The molecule has 0 aromatic carbocycles. The maximum absolute atomic E-state index is 10.2. The van der Waals surface area contributed by atoms with E-state index in [1.54, 1.807) is 0 Å². The topological polar surface area (TPSA) is 85.2 Å². The highest BCUT2D eigenvalue weighted by atomic mass is 31.2. The lowest BCUT2D eigenvalue weighted by Crippen LogP contribution is -1.79. The molecular weight excluding hydrogens is 182 g/mol. The van der Waals surface area contributed by atoms with Crippen LogP contribution in [0.1, 0.15) is 0 Å². The summed E-state index contributed by atoms with van der Waals surface area (Å²) in [6.07, 6.45) is 0. The summed E-state index contributed by atoms with van der Waals surface area (Å²) in [5.41, 5.74) is 0. The quantitative estimate of drug-likeness (QED) is 0.564. The van der Waals surface area contributed by atoms with E-state index in [0.29, 0.717) is 6.79 Å². The van der Waals surface area contributed by atoms with E-state index < -0.39 is 7.82 Å². The van der Waals surface area contributed by atoms with E-state index >= 15 is 0 Å². The average Bonchev–Trinajstić information content (AvgIpc) is 2.41. The molecule has 0 saturated carbocycles. The third-order valence-electron chi connectivity index (χ3n) is 0.629. The van der Waals surface area contributed by atoms with Gasteiger partial charge in [-0.15, -0.1) is 0 Å². The van der Waals surface area contributed by atoms with Crippen LogP contribution in [0.25, 0.3) is 0 Å². The molecule has 1 rings (SSSR count). The van der Waals surface area contributed by atoms with Gasteiger partial charge < -0.3 is 19.3 Å². The number of hydrogen-bond acceptors (Lipinski definition) is 4. The number of hydrogen-bond donors (Lipinski definition) is 2. The van der Waals surface area contributed by atoms with Gasteiger partial charge in [0.1, 0.15) is 6.79 Å². The fraction of sp³-hybridized carbons (Fsp3) is 1.00. The van der Waals surface area contributed by atoms with Crippen LogP contribution in [0.2, 0.25) is 0 Å². The minimum absolute atomic E-state index is 0.500. The number of phosphoric acid groups is 1. The summed E-state index contributed by atoms with van der Waals surface area (Å²) in [7, 11) is -4.81. The highest BCUT2D eigenvalue weighted by Gasteiger charge is 2.12. The lowest BCUT2D eigenvalue weighted by Gasteiger charge is -1.87. The molecule has 11 heavy (non-hydrogen) atoms. The second kappa shape index (κ2) is 5.59. The minimum Gasteiger partial charge on any atom is -0.353 e. The normalized spacial score (nSPS) is 17.4. The Morgan fingerprint density at radius 2 is 1.73 bits per heavy atom. The van der Waals surface area contributed by atoms with Gasteiger partial charge in [-0.3, -0.25) is 0 Å². The number of rotatable bonds is 1. The Morgan fingerprint density at radius 1 is 1.36 bits per heavy atom. The van der Waals surface area contributed by atoms with Crippen LogP contribution in [0.15, 0.2) is 0 Å². The standard InChI is InChI=1S/C3H6O2.FH2O4P/c1-2-5-3-4-1;1-5-6(2,3)4/h1-3H2;(H2,2,3,4). The van der Waals surface area contributed by atoms with Crippen molar-refractivity contribution in [3.05, 3.63) is 0 Å². The van der Waals surface area contributed by atoms with Crippen molar-refractivity contribution in [2.75, 3.05) is 20.0 Å². The van der Waals surface area contributed by atoms with E-state index in [-0.39, 0.29) is 0 Å². The maximum atomic E-state index is 10.2. The molecular formula is C3H8FO6P. The Bertz CT molecular complexity index is 122. The van der Waals surface area contributed by atoms with Gasteiger partial charge >= 0.3 is 7.82 Å². The van der Waals surface area contributed by atoms with Crippen molar-refractivity contribution in [1.29, 1.82) is 0 Å². The zero-order valence-corrected chi connectivity index (χ0v) is 6.37. The summed E-state index contributed by atoms with van der Waals surface area (Å²) in [5.74, 6) is 0. The van der Waals surface area contributed by atoms with Gasteiger partial charge in [0.2, 0.25) is 0 Å². The molecule has 68 valence electrons. The third-order valence-corrected chi connectivity index (χ3v) is 0.808. The maximum Gasteiger partial charge on any atom is 0.500 e. The van der Waals surface area contributed by atoms with Crippen molar-refractivity contribution in [2.24, 2.45) is 0 Å². The molecule has 0 atom stereocenters. The van der Waals surface area contributed by atoms with Crippen molar-refractivity contribution in [1.82, 2.24) is 0 Å². The average molecular weight is 190 g/mol. The van der Waals surface area contributed by atoms with E-state index in [9.17, 15) is 4.53 Å². The van der Waals surface area contributed by atoms with Crippen molar-refractivity contribution in [2.45, 2.75) is 0 Å². The molecule has 1 fully saturated rings. The predicted molar refractivity (Wildman–Crippen MR) is 31.0 cm³/mol. The van der Waals surface area contributed by atoms with Gasteiger partial charge in [0.25, 0.3) is 0 Å². The minimum atomic E-state index is -4.81. The molecule has 8 heteroatoms. The highest BCUT2D eigenvalue weighted by Crippen LogP contribution is 2.35. The monoisotopic (exact) mass is 190 g/mol. The second-order valence-corrected chi connectivity index (χ2v) is 2.61. The Balaban J connectivity index is 0.000000183. The zero-order valence-electron chi connectivity index (χ0n) is 5.47. The largest absolute Gasteiger partial charge is 0.500 e. The van der Waals surface area contributed by atoms with Crippen LogP contribution >= 0.6 is 7.82 Å². The van der Waals surface area contributed by atoms with Gasteiger partial charge in [0.15, 0.2) is 0 Å². The summed E-state index contributed by atoms with van der Waals surface area (Å²) < 4.78 is 30.9. The molecule has 0 spiro atoms. The van der Waals surface area contributed by atoms with Crippen LogP contribution in [0.4, 0.5) is 4.53 Å². The Morgan fingerprint density at radius 3 is 1.82 bits per heavy atom. The van der Waals surface area contributed by atoms with Crippen molar-refractivity contribution >= 4 is 7.82 Å². The van der Waals surface area contributed by atoms with Crippen LogP contribution in [0.5, 0.6) is 0 Å². The molecule has 2 N–H and O–H groups in total. The van der Waals surface area contributed by atoms with E-state index in [2.05, 4.69) is 4.73 Å². The van der Waals surface area contributed by atoms with E-state index in [1.165, 1.54) is 0 Å². The molecule has 0 aromatic rings. The van der Waals surface area contributed by atoms with Crippen LogP contribution in [0.3, 0.4) is 0 Å². The molecule has 1 aliphatic rings. The van der Waals surface area contributed by atoms with Crippen LogP contribution in [-0.4, -0.2) is 29.8 Å². The molecule has 0 radical (unpaired) electrons. The molecule has 1 saturated heterocycles. The first-order valence-electron chi connectivity index (χ1n) is 2.57. The smallest absolute Gasteiger partial charge is 0.353 e. The first kappa shape index (κ1) is 11.0. The fourth-order valence-corrected chi connectivity index (χ4v) is 0.295. The molecule has 1 aliphatic heterocycles. The van der Waals surface area contributed by atoms with E-state index in [0.717, 1.165) is 13.2 Å². The van der Waals surface area contributed by atoms with Crippen molar-refractivity contribution in [3.63, 3.8) is 0 Å². The van der Waals surface area contributed by atoms with Gasteiger partial charge in [-0.1, -0.05) is 4.73 Å². The van der Waals surface area contributed by atoms with E-state index in [4.69, 9.17) is 23.8 Å². The van der Waals surface area contributed by atoms with Gasteiger partial charge in [-0.25, -0.2) is 4.57 Å². The summed E-state index contributed by atoms with van der Waals surface area (Å²) in [5, 5.41) is 0. The Kier molecular flexibility index (Phi) is 5.57. The second-order valence-electron chi connectivity index (χ2n) is 1.49. The van der Waals surface area contributed by atoms with Crippen LogP contribution in [-0.2, 0) is 18.8 Å². The van der Waals surface area contributed by atoms with Crippen molar-refractivity contribution < 1.29 is 33.1 Å². The summed E-state index contributed by atoms with van der Waals surface area (Å²) >= 11 is 0. The highest BCUT2D eigenvalue weighted by molar-refractivity contribution is 7.46. The lowest BCUT2D eigenvalue weighted by atomic mass is 10.8. The fourth-order valence-electron chi connectivity index (χ4n) is 0.295. The molecule has 0 aliphatic carbocycles. The van der Waals surface area contributed by atoms with E-state index in [1.807, 2.05) is 0 Å². The molecule has 0 aromatic heterocycles. The molecule has 0 amide bonds. The van der Waals surface area contributed by atoms with Crippen LogP contribution in [0, 0.1) is 0 Å². The Hall–Kier alpha value is -0.0400. The summed E-state index contributed by atoms with van der Waals surface area (Å²) in [6, 6.07) is 0. The summed E-state index contributed by atoms with van der Waals surface area (Å²) in [6.45, 7) is 2.06. The summed E-state index contributed by atoms with van der Waals surface area (Å²) in [4.78, 5) is 14.7. The lowest BCUT2D eigenvalue weighted by molar-refractivity contribution is -0.0389. The number of halogens is 1. The molecule has 0 bridgehead atoms. The number of ether oxygens (including phenoxy) is 2. The molecule has 1 heterocycles. The predicted octanol–water partition coefficient (Wildman–Crippen LogP) is -0.0291. The van der Waals surface area contributed by atoms with Crippen LogP contribution < -0.4 is 0 Å². The SMILES string of the molecule is C1COCO1.O=P(O)(O)OF. The van der Waals surface area contributed by atoms with Gasteiger partial charge in [-0.05, 0) is 4.53 Å². The first-order chi connectivity index (χ1) is 5.06. The molecule has 6 nitrogen and oxygen atoms in total. The molecule has 0 unspecified atom stereocenters. The third kappa shape index (κ3) is 9.96. The Labute approximate surface area is 62.0 Å². The van der Waals surface area contributed by atoms with Gasteiger partial charge in [-0.2, -0.15) is 0 Å². The zero-order chi connectivity index (χ0) is 8.74. The van der Waals surface area contributed by atoms with Crippen molar-refractivity contribution in [3.8, 4) is 0 Å². The van der Waals surface area contributed by atoms with Gasteiger partial charge in [0, 0.05) is 0 Å². The first-order valence-corrected chi connectivity index (χ1v) is 4.10. The van der Waals surface area contributed by atoms with Gasteiger partial charge in [0.05, 0.1) is 13.2 Å².